The molecule has 0 atom stereocenters. The lowest BCUT2D eigenvalue weighted by molar-refractivity contribution is -0.131. The second kappa shape index (κ2) is 3.37. The monoisotopic (exact) mass is 216 g/mol. The molecule has 0 radical (unpaired) electrons. The number of hydrogen-bond acceptors (Lipinski definition) is 2. The van der Waals surface area contributed by atoms with Crippen molar-refractivity contribution in [1.29, 1.82) is 0 Å². The van der Waals surface area contributed by atoms with Gasteiger partial charge in [0.1, 0.15) is 5.75 Å². The minimum Gasteiger partial charge on any atom is -0.493 e. The molecule has 3 heteroatoms. The van der Waals surface area contributed by atoms with Gasteiger partial charge in [0.25, 0.3) is 0 Å². The Hall–Kier alpha value is -1.77. The summed E-state index contributed by atoms with van der Waals surface area (Å²) in [6.45, 7) is 0.714. The van der Waals surface area contributed by atoms with Crippen molar-refractivity contribution < 1.29 is 14.6 Å². The van der Waals surface area contributed by atoms with Gasteiger partial charge in [-0.3, -0.25) is 0 Å². The summed E-state index contributed by atoms with van der Waals surface area (Å²) < 4.78 is 5.50. The number of aryl methyl sites for hydroxylation is 1. The van der Waals surface area contributed by atoms with E-state index in [1.165, 1.54) is 17.2 Å². The number of benzene rings is 1. The van der Waals surface area contributed by atoms with E-state index in [1.807, 2.05) is 6.07 Å². The van der Waals surface area contributed by atoms with E-state index in [9.17, 15) is 4.79 Å². The molecule has 0 spiro atoms. The average Bonchev–Trinajstić information content (AvgIpc) is 2.82. The van der Waals surface area contributed by atoms with E-state index in [0.717, 1.165) is 36.1 Å². The van der Waals surface area contributed by atoms with Crippen molar-refractivity contribution in [2.24, 2.45) is 0 Å². The number of carboxylic acids is 1. The number of fused-ring (bicyclic) bond motifs is 3. The van der Waals surface area contributed by atoms with Gasteiger partial charge in [-0.1, -0.05) is 6.07 Å². The quantitative estimate of drug-likeness (QED) is 0.731. The van der Waals surface area contributed by atoms with Crippen LogP contribution in [0.5, 0.6) is 5.75 Å². The first-order valence-electron chi connectivity index (χ1n) is 5.47. The van der Waals surface area contributed by atoms with E-state index in [-0.39, 0.29) is 0 Å². The third kappa shape index (κ3) is 1.32. The maximum atomic E-state index is 10.8. The van der Waals surface area contributed by atoms with Gasteiger partial charge in [0.2, 0.25) is 0 Å². The standard InChI is InChI=1S/C13H12O3/c14-12(15)7-9-2-1-8-3-4-11-10(13(8)9)5-6-16-11/h3-4,7H,1-2,5-6H2,(H,14,15). The first-order chi connectivity index (χ1) is 7.75. The number of hydrogen-bond donors (Lipinski definition) is 1. The summed E-state index contributed by atoms with van der Waals surface area (Å²) in [6.07, 6.45) is 4.01. The predicted octanol–water partition coefficient (Wildman–Crippen LogP) is 2.04. The Balaban J connectivity index is 2.17. The van der Waals surface area contributed by atoms with Crippen molar-refractivity contribution in [3.8, 4) is 5.75 Å². The van der Waals surface area contributed by atoms with Gasteiger partial charge in [-0.05, 0) is 35.6 Å². The van der Waals surface area contributed by atoms with Crippen LogP contribution < -0.4 is 4.74 Å². The Kier molecular flexibility index (Phi) is 1.99. The van der Waals surface area contributed by atoms with E-state index >= 15 is 0 Å². The molecule has 0 amide bonds. The predicted molar refractivity (Wildman–Crippen MR) is 59.6 cm³/mol. The second-order valence-electron chi connectivity index (χ2n) is 4.18. The fourth-order valence-corrected chi connectivity index (χ4v) is 2.62. The molecular formula is C13H12O3. The minimum absolute atomic E-state index is 0.714. The van der Waals surface area contributed by atoms with E-state index in [0.29, 0.717) is 6.61 Å². The fourth-order valence-electron chi connectivity index (χ4n) is 2.62. The summed E-state index contributed by atoms with van der Waals surface area (Å²) in [5.41, 5.74) is 4.54. The summed E-state index contributed by atoms with van der Waals surface area (Å²) in [6, 6.07) is 4.06. The lowest BCUT2D eigenvalue weighted by Gasteiger charge is -2.06. The van der Waals surface area contributed by atoms with Gasteiger partial charge in [0.05, 0.1) is 6.61 Å². The third-order valence-corrected chi connectivity index (χ3v) is 3.25. The molecular weight excluding hydrogens is 204 g/mol. The van der Waals surface area contributed by atoms with Crippen LogP contribution in [-0.4, -0.2) is 17.7 Å². The van der Waals surface area contributed by atoms with Crippen molar-refractivity contribution in [3.63, 3.8) is 0 Å². The zero-order chi connectivity index (χ0) is 11.1. The smallest absolute Gasteiger partial charge is 0.328 e. The van der Waals surface area contributed by atoms with Crippen LogP contribution in [0.1, 0.15) is 23.1 Å². The van der Waals surface area contributed by atoms with Crippen LogP contribution in [0.3, 0.4) is 0 Å². The molecule has 1 aromatic carbocycles. The molecule has 0 aromatic heterocycles. The highest BCUT2D eigenvalue weighted by atomic mass is 16.5. The number of carboxylic acid groups (broad SMARTS) is 1. The van der Waals surface area contributed by atoms with Crippen LogP contribution in [0.15, 0.2) is 18.2 Å². The summed E-state index contributed by atoms with van der Waals surface area (Å²) in [5, 5.41) is 8.84. The third-order valence-electron chi connectivity index (χ3n) is 3.25. The largest absolute Gasteiger partial charge is 0.493 e. The van der Waals surface area contributed by atoms with Crippen LogP contribution >= 0.6 is 0 Å². The van der Waals surface area contributed by atoms with Gasteiger partial charge in [-0.2, -0.15) is 0 Å². The maximum absolute atomic E-state index is 10.8. The Labute approximate surface area is 93.4 Å². The lowest BCUT2D eigenvalue weighted by atomic mass is 9.98. The summed E-state index contributed by atoms with van der Waals surface area (Å²) >= 11 is 0. The van der Waals surface area contributed by atoms with Crippen LogP contribution in [-0.2, 0) is 17.6 Å². The summed E-state index contributed by atoms with van der Waals surface area (Å²) in [7, 11) is 0. The lowest BCUT2D eigenvalue weighted by Crippen LogP contribution is -1.93. The second-order valence-corrected chi connectivity index (χ2v) is 4.18. The molecule has 1 heterocycles. The minimum atomic E-state index is -0.862. The van der Waals surface area contributed by atoms with Crippen molar-refractivity contribution >= 4 is 11.5 Å². The molecule has 0 saturated heterocycles. The molecule has 1 N–H and O–H groups in total. The van der Waals surface area contributed by atoms with E-state index < -0.39 is 5.97 Å². The highest BCUT2D eigenvalue weighted by Gasteiger charge is 2.25. The molecule has 3 rings (SSSR count). The number of aliphatic carboxylic acids is 1. The molecule has 1 aliphatic heterocycles. The van der Waals surface area contributed by atoms with Gasteiger partial charge in [-0.25, -0.2) is 4.79 Å². The highest BCUT2D eigenvalue weighted by molar-refractivity contribution is 5.92. The van der Waals surface area contributed by atoms with Crippen molar-refractivity contribution in [1.82, 2.24) is 0 Å². The number of allylic oxidation sites excluding steroid dienone is 1. The van der Waals surface area contributed by atoms with Crippen LogP contribution in [0.4, 0.5) is 0 Å². The number of ether oxygens (including phenoxy) is 1. The van der Waals surface area contributed by atoms with Gasteiger partial charge in [-0.15, -0.1) is 0 Å². The maximum Gasteiger partial charge on any atom is 0.328 e. The SMILES string of the molecule is O=C(O)C=C1CCc2ccc3c(c21)CCO3. The highest BCUT2D eigenvalue weighted by Crippen LogP contribution is 2.41. The fraction of sp³-hybridized carbons (Fsp3) is 0.308. The molecule has 1 aromatic rings. The normalized spacial score (nSPS) is 19.4. The Morgan fingerprint density at radius 1 is 1.31 bits per heavy atom. The molecule has 16 heavy (non-hydrogen) atoms. The number of carbonyl (C=O) groups is 1. The molecule has 3 nitrogen and oxygen atoms in total. The first-order valence-corrected chi connectivity index (χ1v) is 5.47. The van der Waals surface area contributed by atoms with Gasteiger partial charge >= 0.3 is 5.97 Å². The molecule has 0 fully saturated rings. The van der Waals surface area contributed by atoms with E-state index in [2.05, 4.69) is 6.07 Å². The van der Waals surface area contributed by atoms with Crippen molar-refractivity contribution in [3.05, 3.63) is 34.9 Å². The van der Waals surface area contributed by atoms with Gasteiger partial charge in [0, 0.05) is 18.1 Å². The Bertz CT molecular complexity index is 500. The molecule has 2 aliphatic rings. The van der Waals surface area contributed by atoms with E-state index in [4.69, 9.17) is 9.84 Å². The van der Waals surface area contributed by atoms with Crippen LogP contribution in [0, 0.1) is 0 Å². The Morgan fingerprint density at radius 2 is 2.19 bits per heavy atom. The topological polar surface area (TPSA) is 46.5 Å². The molecule has 1 aliphatic carbocycles. The molecule has 0 bridgehead atoms. The van der Waals surface area contributed by atoms with E-state index in [1.54, 1.807) is 0 Å². The zero-order valence-corrected chi connectivity index (χ0v) is 8.82. The average molecular weight is 216 g/mol. The van der Waals surface area contributed by atoms with Crippen LogP contribution in [0.25, 0.3) is 5.57 Å². The summed E-state index contributed by atoms with van der Waals surface area (Å²) in [5.74, 6) is 0.0660. The zero-order valence-electron chi connectivity index (χ0n) is 8.82. The summed E-state index contributed by atoms with van der Waals surface area (Å²) in [4.78, 5) is 10.8. The van der Waals surface area contributed by atoms with Gasteiger partial charge < -0.3 is 9.84 Å². The van der Waals surface area contributed by atoms with Crippen molar-refractivity contribution in [2.45, 2.75) is 19.3 Å². The molecule has 0 unspecified atom stereocenters. The van der Waals surface area contributed by atoms with Crippen molar-refractivity contribution in [2.75, 3.05) is 6.61 Å². The molecule has 82 valence electrons. The van der Waals surface area contributed by atoms with Crippen LogP contribution in [0.2, 0.25) is 0 Å². The first kappa shape index (κ1) is 9.46. The Morgan fingerprint density at radius 3 is 3.00 bits per heavy atom. The number of rotatable bonds is 1. The molecule has 0 saturated carbocycles. The van der Waals surface area contributed by atoms with Gasteiger partial charge in [0.15, 0.2) is 0 Å².